The number of carbonyl (C=O) groups excluding carboxylic acids is 3. The number of sulfonamides is 1. The first-order valence-electron chi connectivity index (χ1n) is 14.6. The standard InChI is InChI=1S/C31H38ClN5O5S/c1-20-17-28(21(2)16-23(20)32)43(41,42)37-26-9-5-4-8-24(26)34-30(39)27(37)19-29(38)33-25(31(40)36-12-6-7-13-36)18-22-10-14-35(3)15-11-22/h4-5,8-10,16-17,25,27H,6-7,11-15,18-19H2,1-3H3,(H,33,38)(H,34,39). The monoisotopic (exact) mass is 627 g/mol. The lowest BCUT2D eigenvalue weighted by Gasteiger charge is -2.37. The Bertz CT molecular complexity index is 1570. The number of hydrogen-bond donors (Lipinski definition) is 2. The number of rotatable bonds is 8. The maximum atomic E-state index is 14.3. The number of nitrogens with zero attached hydrogens (tertiary/aromatic N) is 3. The highest BCUT2D eigenvalue weighted by molar-refractivity contribution is 7.93. The number of benzene rings is 2. The molecule has 5 rings (SSSR count). The molecular formula is C31H38ClN5O5S. The number of aryl methyl sites for hydroxylation is 2. The third kappa shape index (κ3) is 6.58. The van der Waals surface area contributed by atoms with Gasteiger partial charge in [0, 0.05) is 31.2 Å². The van der Waals surface area contributed by atoms with E-state index in [9.17, 15) is 22.8 Å². The number of likely N-dealkylation sites (tertiary alicyclic amines) is 1. The van der Waals surface area contributed by atoms with Gasteiger partial charge in [-0.25, -0.2) is 8.42 Å². The first-order valence-corrected chi connectivity index (χ1v) is 16.4. The van der Waals surface area contributed by atoms with Crippen molar-refractivity contribution in [2.75, 3.05) is 42.8 Å². The quantitative estimate of drug-likeness (QED) is 0.432. The van der Waals surface area contributed by atoms with Crippen LogP contribution in [0.4, 0.5) is 11.4 Å². The Morgan fingerprint density at radius 1 is 1.09 bits per heavy atom. The molecule has 3 aliphatic heterocycles. The number of nitrogens with one attached hydrogen (secondary N) is 2. The van der Waals surface area contributed by atoms with E-state index in [-0.39, 0.29) is 16.5 Å². The molecule has 12 heteroatoms. The fourth-order valence-corrected chi connectivity index (χ4v) is 8.07. The SMILES string of the molecule is Cc1cc(S(=O)(=O)N2c3ccccc3NC(=O)C2CC(=O)NC(CC2=CCN(C)CC2)C(=O)N2CCCC2)c(C)cc1Cl. The Kier molecular flexibility index (Phi) is 9.15. The van der Waals surface area contributed by atoms with Crippen LogP contribution < -0.4 is 14.9 Å². The lowest BCUT2D eigenvalue weighted by Crippen LogP contribution is -2.54. The summed E-state index contributed by atoms with van der Waals surface area (Å²) in [4.78, 5) is 44.6. The van der Waals surface area contributed by atoms with Gasteiger partial charge in [0.05, 0.1) is 22.7 Å². The molecule has 0 saturated carbocycles. The van der Waals surface area contributed by atoms with E-state index in [2.05, 4.69) is 21.6 Å². The van der Waals surface area contributed by atoms with E-state index in [0.29, 0.717) is 41.3 Å². The number of para-hydroxylation sites is 2. The van der Waals surface area contributed by atoms with Crippen LogP contribution in [0.15, 0.2) is 52.9 Å². The molecule has 2 atom stereocenters. The molecule has 1 saturated heterocycles. The van der Waals surface area contributed by atoms with Gasteiger partial charge in [-0.05, 0) is 82.0 Å². The number of fused-ring (bicyclic) bond motifs is 1. The molecule has 2 aromatic rings. The third-order valence-corrected chi connectivity index (χ3v) is 10.8. The van der Waals surface area contributed by atoms with Crippen LogP contribution in [0.1, 0.15) is 43.2 Å². The van der Waals surface area contributed by atoms with E-state index in [4.69, 9.17) is 11.6 Å². The zero-order valence-electron chi connectivity index (χ0n) is 24.7. The summed E-state index contributed by atoms with van der Waals surface area (Å²) in [5.74, 6) is -1.35. The van der Waals surface area contributed by atoms with Gasteiger partial charge in [-0.1, -0.05) is 35.4 Å². The molecule has 0 spiro atoms. The molecular weight excluding hydrogens is 590 g/mol. The fraction of sp³-hybridized carbons (Fsp3) is 0.452. The smallest absolute Gasteiger partial charge is 0.265 e. The predicted octanol–water partition coefficient (Wildman–Crippen LogP) is 3.62. The van der Waals surface area contributed by atoms with Gasteiger partial charge in [-0.2, -0.15) is 0 Å². The van der Waals surface area contributed by atoms with Crippen LogP contribution in [0.2, 0.25) is 5.02 Å². The Labute approximate surface area is 258 Å². The number of likely N-dealkylation sites (N-methyl/N-ethyl adjacent to an activating group) is 1. The van der Waals surface area contributed by atoms with Gasteiger partial charge < -0.3 is 20.4 Å². The first-order chi connectivity index (χ1) is 20.5. The van der Waals surface area contributed by atoms with Gasteiger partial charge in [0.25, 0.3) is 10.0 Å². The van der Waals surface area contributed by atoms with Crippen LogP contribution in [-0.4, -0.2) is 81.2 Å². The van der Waals surface area contributed by atoms with Crippen molar-refractivity contribution in [3.8, 4) is 0 Å². The minimum absolute atomic E-state index is 0.000558. The number of amides is 3. The highest BCUT2D eigenvalue weighted by Gasteiger charge is 2.43. The highest BCUT2D eigenvalue weighted by Crippen LogP contribution is 2.38. The van der Waals surface area contributed by atoms with Crippen molar-refractivity contribution in [2.24, 2.45) is 0 Å². The molecule has 2 unspecified atom stereocenters. The fourth-order valence-electron chi connectivity index (χ4n) is 5.92. The van der Waals surface area contributed by atoms with Gasteiger partial charge in [0.15, 0.2) is 0 Å². The summed E-state index contributed by atoms with van der Waals surface area (Å²) in [6, 6.07) is 7.48. The number of carbonyl (C=O) groups is 3. The predicted molar refractivity (Wildman–Crippen MR) is 167 cm³/mol. The van der Waals surface area contributed by atoms with E-state index in [1.165, 1.54) is 6.07 Å². The second kappa shape index (κ2) is 12.7. The summed E-state index contributed by atoms with van der Waals surface area (Å²) < 4.78 is 29.6. The van der Waals surface area contributed by atoms with Crippen molar-refractivity contribution in [3.63, 3.8) is 0 Å². The Morgan fingerprint density at radius 2 is 1.81 bits per heavy atom. The van der Waals surface area contributed by atoms with Gasteiger partial charge in [0.1, 0.15) is 12.1 Å². The average Bonchev–Trinajstić information content (AvgIpc) is 3.51. The molecule has 2 aromatic carbocycles. The van der Waals surface area contributed by atoms with Crippen molar-refractivity contribution in [3.05, 3.63) is 64.2 Å². The Balaban J connectivity index is 1.45. The van der Waals surface area contributed by atoms with Crippen molar-refractivity contribution in [1.82, 2.24) is 15.1 Å². The van der Waals surface area contributed by atoms with E-state index in [1.54, 1.807) is 49.1 Å². The van der Waals surface area contributed by atoms with E-state index < -0.39 is 40.3 Å². The second-order valence-corrected chi connectivity index (χ2v) is 13.8. The normalized spacial score (nSPS) is 19.9. The number of anilines is 2. The molecule has 0 aromatic heterocycles. The molecule has 1 fully saturated rings. The van der Waals surface area contributed by atoms with Gasteiger partial charge in [-0.15, -0.1) is 0 Å². The van der Waals surface area contributed by atoms with E-state index >= 15 is 0 Å². The van der Waals surface area contributed by atoms with E-state index in [0.717, 1.165) is 42.2 Å². The molecule has 0 aliphatic carbocycles. The van der Waals surface area contributed by atoms with Gasteiger partial charge in [-0.3, -0.25) is 18.7 Å². The Morgan fingerprint density at radius 3 is 2.51 bits per heavy atom. The van der Waals surface area contributed by atoms with E-state index in [1.807, 2.05) is 7.05 Å². The molecule has 43 heavy (non-hydrogen) atoms. The minimum Gasteiger partial charge on any atom is -0.344 e. The van der Waals surface area contributed by atoms with Gasteiger partial charge >= 0.3 is 0 Å². The second-order valence-electron chi connectivity index (χ2n) is 11.6. The van der Waals surface area contributed by atoms with Crippen molar-refractivity contribution in [2.45, 2.75) is 62.9 Å². The molecule has 0 bridgehead atoms. The van der Waals surface area contributed by atoms with Crippen LogP contribution in [-0.2, 0) is 24.4 Å². The highest BCUT2D eigenvalue weighted by atomic mass is 35.5. The molecule has 10 nitrogen and oxygen atoms in total. The van der Waals surface area contributed by atoms with Crippen LogP contribution in [0, 0.1) is 13.8 Å². The van der Waals surface area contributed by atoms with Crippen molar-refractivity contribution < 1.29 is 22.8 Å². The maximum Gasteiger partial charge on any atom is 0.265 e. The maximum absolute atomic E-state index is 14.3. The molecule has 0 radical (unpaired) electrons. The van der Waals surface area contributed by atoms with Crippen LogP contribution in [0.3, 0.4) is 0 Å². The zero-order valence-corrected chi connectivity index (χ0v) is 26.3. The largest absolute Gasteiger partial charge is 0.344 e. The summed E-state index contributed by atoms with van der Waals surface area (Å²) in [6.45, 7) is 6.26. The summed E-state index contributed by atoms with van der Waals surface area (Å²) in [6.07, 6.45) is 4.63. The third-order valence-electron chi connectivity index (χ3n) is 8.38. The summed E-state index contributed by atoms with van der Waals surface area (Å²) in [7, 11) is -2.28. The molecule has 2 N–H and O–H groups in total. The lowest BCUT2D eigenvalue weighted by atomic mass is 9.98. The molecule has 3 heterocycles. The molecule has 230 valence electrons. The van der Waals surface area contributed by atoms with Crippen molar-refractivity contribution >= 4 is 50.7 Å². The Hall–Kier alpha value is -3.41. The molecule has 3 amide bonds. The lowest BCUT2D eigenvalue weighted by molar-refractivity contribution is -0.135. The van der Waals surface area contributed by atoms with Crippen LogP contribution in [0.25, 0.3) is 0 Å². The summed E-state index contributed by atoms with van der Waals surface area (Å²) >= 11 is 6.26. The number of hydrogen-bond acceptors (Lipinski definition) is 6. The topological polar surface area (TPSA) is 119 Å². The van der Waals surface area contributed by atoms with Crippen LogP contribution in [0.5, 0.6) is 0 Å². The zero-order chi connectivity index (χ0) is 30.9. The average molecular weight is 628 g/mol. The van der Waals surface area contributed by atoms with Crippen LogP contribution >= 0.6 is 11.6 Å². The van der Waals surface area contributed by atoms with Crippen molar-refractivity contribution in [1.29, 1.82) is 0 Å². The summed E-state index contributed by atoms with van der Waals surface area (Å²) in [5, 5.41) is 6.07. The number of halogens is 1. The molecule has 3 aliphatic rings. The minimum atomic E-state index is -4.31. The van der Waals surface area contributed by atoms with Gasteiger partial charge in [0.2, 0.25) is 17.7 Å². The summed E-state index contributed by atoms with van der Waals surface area (Å²) in [5.41, 5.74) is 2.67. The first kappa shape index (κ1) is 31.0.